The van der Waals surface area contributed by atoms with Gasteiger partial charge < -0.3 is 19.4 Å². The number of amides is 2. The van der Waals surface area contributed by atoms with Crippen LogP contribution in [-0.2, 0) is 20.9 Å². The topological polar surface area (TPSA) is 88.8 Å². The molecule has 0 unspecified atom stereocenters. The van der Waals surface area contributed by atoms with E-state index in [0.29, 0.717) is 31.2 Å². The molecule has 1 aliphatic carbocycles. The Balaban J connectivity index is 1.51. The van der Waals surface area contributed by atoms with Gasteiger partial charge in [0, 0.05) is 19.0 Å². The fraction of sp³-hybridized carbons (Fsp3) is 0.632. The summed E-state index contributed by atoms with van der Waals surface area (Å²) in [6.07, 6.45) is 5.42. The molecule has 142 valence electrons. The van der Waals surface area contributed by atoms with Crippen LogP contribution in [0.25, 0.3) is 0 Å². The first-order valence-corrected chi connectivity index (χ1v) is 9.41. The molecule has 0 spiro atoms. The van der Waals surface area contributed by atoms with Crippen molar-refractivity contribution in [2.75, 3.05) is 13.2 Å². The third kappa shape index (κ3) is 4.26. The highest BCUT2D eigenvalue weighted by atomic mass is 16.5. The second kappa shape index (κ2) is 8.38. The second-order valence-electron chi connectivity index (χ2n) is 6.92. The quantitative estimate of drug-likeness (QED) is 0.784. The Kier molecular flexibility index (Phi) is 5.96. The van der Waals surface area contributed by atoms with Crippen molar-refractivity contribution in [2.24, 2.45) is 5.92 Å². The molecule has 1 aromatic heterocycles. The molecule has 2 fully saturated rings. The zero-order valence-electron chi connectivity index (χ0n) is 15.2. The molecule has 0 aromatic carbocycles. The Morgan fingerprint density at radius 3 is 2.77 bits per heavy atom. The molecule has 7 nitrogen and oxygen atoms in total. The highest BCUT2D eigenvalue weighted by Crippen LogP contribution is 2.28. The van der Waals surface area contributed by atoms with Gasteiger partial charge in [-0.1, -0.05) is 12.8 Å². The third-order valence-electron chi connectivity index (χ3n) is 5.16. The van der Waals surface area contributed by atoms with E-state index in [2.05, 4.69) is 5.32 Å². The lowest BCUT2D eigenvalue weighted by Crippen LogP contribution is -2.49. The summed E-state index contributed by atoms with van der Waals surface area (Å²) in [6.45, 7) is 2.73. The van der Waals surface area contributed by atoms with Crippen molar-refractivity contribution < 1.29 is 23.5 Å². The molecular weight excluding hydrogens is 336 g/mol. The molecule has 0 radical (unpaired) electrons. The summed E-state index contributed by atoms with van der Waals surface area (Å²) in [5.74, 6) is 0.0317. The largest absolute Gasteiger partial charge is 0.460 e. The van der Waals surface area contributed by atoms with E-state index in [4.69, 9.17) is 9.15 Å². The van der Waals surface area contributed by atoms with Gasteiger partial charge in [0.2, 0.25) is 17.6 Å². The van der Waals surface area contributed by atoms with Crippen LogP contribution >= 0.6 is 0 Å². The minimum atomic E-state index is -0.511. The molecule has 1 atom stereocenters. The number of furan rings is 1. The number of nitrogens with one attached hydrogen (secondary N) is 1. The van der Waals surface area contributed by atoms with Crippen LogP contribution in [0.5, 0.6) is 0 Å². The van der Waals surface area contributed by atoms with Gasteiger partial charge in [0.1, 0.15) is 5.76 Å². The molecule has 26 heavy (non-hydrogen) atoms. The zero-order valence-corrected chi connectivity index (χ0v) is 15.2. The predicted molar refractivity (Wildman–Crippen MR) is 93.2 cm³/mol. The first kappa shape index (κ1) is 18.5. The van der Waals surface area contributed by atoms with Gasteiger partial charge in [-0.25, -0.2) is 4.79 Å². The number of hydrogen-bond donors (Lipinski definition) is 1. The van der Waals surface area contributed by atoms with Gasteiger partial charge >= 0.3 is 5.97 Å². The highest BCUT2D eigenvalue weighted by Gasteiger charge is 2.35. The molecule has 1 aliphatic heterocycles. The standard InChI is InChI=1S/C19H26N2O5/c1-2-25-19(24)16-9-8-15(26-16)11-20-18(23)13-7-10-17(22)21(12-13)14-5-3-4-6-14/h8-9,13-14H,2-7,10-12H2,1H3,(H,20,23)/t13-/m1/s1. The minimum absolute atomic E-state index is 0.0745. The van der Waals surface area contributed by atoms with Crippen LogP contribution in [-0.4, -0.2) is 41.9 Å². The fourth-order valence-corrected chi connectivity index (χ4v) is 3.76. The minimum Gasteiger partial charge on any atom is -0.460 e. The van der Waals surface area contributed by atoms with E-state index in [9.17, 15) is 14.4 Å². The second-order valence-corrected chi connectivity index (χ2v) is 6.92. The molecule has 2 amide bonds. The lowest BCUT2D eigenvalue weighted by molar-refractivity contribution is -0.140. The molecule has 1 aromatic rings. The van der Waals surface area contributed by atoms with E-state index in [-0.39, 0.29) is 36.6 Å². The van der Waals surface area contributed by atoms with Crippen LogP contribution in [0.3, 0.4) is 0 Å². The third-order valence-corrected chi connectivity index (χ3v) is 5.16. The normalized spacial score (nSPS) is 21.0. The lowest BCUT2D eigenvalue weighted by atomic mass is 9.95. The average molecular weight is 362 g/mol. The molecule has 1 saturated heterocycles. The Labute approximate surface area is 153 Å². The summed E-state index contributed by atoms with van der Waals surface area (Å²) >= 11 is 0. The number of carbonyl (C=O) groups excluding carboxylic acids is 3. The molecule has 1 N–H and O–H groups in total. The van der Waals surface area contributed by atoms with Gasteiger partial charge in [0.25, 0.3) is 0 Å². The van der Waals surface area contributed by atoms with E-state index in [1.807, 2.05) is 4.90 Å². The van der Waals surface area contributed by atoms with Crippen LogP contribution < -0.4 is 5.32 Å². The molecular formula is C19H26N2O5. The maximum Gasteiger partial charge on any atom is 0.374 e. The number of hydrogen-bond acceptors (Lipinski definition) is 5. The number of carbonyl (C=O) groups is 3. The molecule has 7 heteroatoms. The van der Waals surface area contributed by atoms with E-state index < -0.39 is 5.97 Å². The van der Waals surface area contributed by atoms with Gasteiger partial charge in [0.05, 0.1) is 19.1 Å². The Bertz CT molecular complexity index is 663. The SMILES string of the molecule is CCOC(=O)c1ccc(CNC(=O)[C@@H]2CCC(=O)N(C3CCCC3)C2)o1. The maximum atomic E-state index is 12.5. The Hall–Kier alpha value is -2.31. The Morgan fingerprint density at radius 1 is 1.27 bits per heavy atom. The molecule has 0 bridgehead atoms. The van der Waals surface area contributed by atoms with E-state index in [1.54, 1.807) is 19.1 Å². The first-order valence-electron chi connectivity index (χ1n) is 9.41. The summed E-state index contributed by atoms with van der Waals surface area (Å²) in [7, 11) is 0. The Morgan fingerprint density at radius 2 is 2.04 bits per heavy atom. The van der Waals surface area contributed by atoms with E-state index in [0.717, 1.165) is 25.7 Å². The van der Waals surface area contributed by atoms with Crippen molar-refractivity contribution in [1.29, 1.82) is 0 Å². The smallest absolute Gasteiger partial charge is 0.374 e. The van der Waals surface area contributed by atoms with Gasteiger partial charge in [0.15, 0.2) is 0 Å². The number of esters is 1. The number of piperidine rings is 1. The molecule has 2 aliphatic rings. The van der Waals surface area contributed by atoms with Crippen LogP contribution in [0.2, 0.25) is 0 Å². The van der Waals surface area contributed by atoms with Crippen molar-refractivity contribution in [3.8, 4) is 0 Å². The summed E-state index contributed by atoms with van der Waals surface area (Å²) in [4.78, 5) is 38.2. The predicted octanol–water partition coefficient (Wildman–Crippen LogP) is 2.25. The van der Waals surface area contributed by atoms with Crippen LogP contribution in [0.1, 0.15) is 61.8 Å². The van der Waals surface area contributed by atoms with Crippen LogP contribution in [0.4, 0.5) is 0 Å². The van der Waals surface area contributed by atoms with Crippen molar-refractivity contribution >= 4 is 17.8 Å². The fourth-order valence-electron chi connectivity index (χ4n) is 3.76. The number of rotatable bonds is 6. The number of nitrogens with zero attached hydrogens (tertiary/aromatic N) is 1. The summed E-state index contributed by atoms with van der Waals surface area (Å²) in [5, 5.41) is 2.86. The number of likely N-dealkylation sites (tertiary alicyclic amines) is 1. The molecule has 2 heterocycles. The monoisotopic (exact) mass is 362 g/mol. The highest BCUT2D eigenvalue weighted by molar-refractivity contribution is 5.86. The zero-order chi connectivity index (χ0) is 18.5. The molecule has 3 rings (SSSR count). The van der Waals surface area contributed by atoms with Crippen molar-refractivity contribution in [1.82, 2.24) is 10.2 Å². The first-order chi connectivity index (χ1) is 12.6. The van der Waals surface area contributed by atoms with Gasteiger partial charge in [-0.2, -0.15) is 0 Å². The van der Waals surface area contributed by atoms with Crippen molar-refractivity contribution in [2.45, 2.75) is 58.0 Å². The average Bonchev–Trinajstić information content (AvgIpc) is 3.32. The number of ether oxygens (including phenoxy) is 1. The van der Waals surface area contributed by atoms with Gasteiger partial charge in [-0.05, 0) is 38.3 Å². The van der Waals surface area contributed by atoms with Crippen molar-refractivity contribution in [3.63, 3.8) is 0 Å². The maximum absolute atomic E-state index is 12.5. The van der Waals surface area contributed by atoms with Gasteiger partial charge in [-0.3, -0.25) is 9.59 Å². The van der Waals surface area contributed by atoms with Crippen molar-refractivity contribution in [3.05, 3.63) is 23.7 Å². The summed E-state index contributed by atoms with van der Waals surface area (Å²) < 4.78 is 10.3. The molecule has 1 saturated carbocycles. The summed E-state index contributed by atoms with van der Waals surface area (Å²) in [5.41, 5.74) is 0. The van der Waals surface area contributed by atoms with Gasteiger partial charge in [-0.15, -0.1) is 0 Å². The summed E-state index contributed by atoms with van der Waals surface area (Å²) in [6, 6.07) is 3.50. The lowest BCUT2D eigenvalue weighted by Gasteiger charge is -2.36. The van der Waals surface area contributed by atoms with E-state index in [1.165, 1.54) is 0 Å². The van der Waals surface area contributed by atoms with Crippen LogP contribution in [0, 0.1) is 5.92 Å². The van der Waals surface area contributed by atoms with E-state index >= 15 is 0 Å². The van der Waals surface area contributed by atoms with Crippen LogP contribution in [0.15, 0.2) is 16.5 Å².